The maximum atomic E-state index is 10.5. The van der Waals surface area contributed by atoms with Crippen LogP contribution in [0.2, 0.25) is 0 Å². The van der Waals surface area contributed by atoms with Crippen molar-refractivity contribution in [2.45, 2.75) is 0 Å². The van der Waals surface area contributed by atoms with Crippen molar-refractivity contribution >= 4 is 39.9 Å². The van der Waals surface area contributed by atoms with E-state index >= 15 is 0 Å². The Kier molecular flexibility index (Phi) is 5.12. The zero-order valence-electron chi connectivity index (χ0n) is 6.47. The molecule has 1 rings (SSSR count). The summed E-state index contributed by atoms with van der Waals surface area (Å²) in [6.07, 6.45) is 0. The first kappa shape index (κ1) is 13.4. The molecule has 0 amide bonds. The van der Waals surface area contributed by atoms with E-state index in [4.69, 9.17) is 5.26 Å². The van der Waals surface area contributed by atoms with Gasteiger partial charge in [-0.2, -0.15) is 18.8 Å². The first-order valence-electron chi connectivity index (χ1n) is 3.23. The van der Waals surface area contributed by atoms with Gasteiger partial charge < -0.3 is 4.18 Å². The molecule has 0 fully saturated rings. The Balaban J connectivity index is 0.00000169. The number of rotatable bonds is 2. The van der Waals surface area contributed by atoms with E-state index < -0.39 is 10.3 Å². The molecule has 0 heterocycles. The maximum absolute atomic E-state index is 10.5. The van der Waals surface area contributed by atoms with Crippen LogP contribution in [0.1, 0.15) is 5.56 Å². The molecular formula is C7H7N2NaO3S. The Labute approximate surface area is 104 Å². The molecule has 0 aromatic heterocycles. The van der Waals surface area contributed by atoms with Gasteiger partial charge in [0.25, 0.3) is 0 Å². The molecule has 70 valence electrons. The third-order valence-electron chi connectivity index (χ3n) is 1.18. The standard InChI is InChI=1S/C7H6N2O3S.Na.H/c8-5-6-2-1-3-7(4-6)12-13(9,10)11;;/h1-4H,(H2,9,10,11);;. The van der Waals surface area contributed by atoms with E-state index in [1.165, 1.54) is 24.3 Å². The molecule has 0 spiro atoms. The number of nitrogens with zero attached hydrogens (tertiary/aromatic N) is 1. The Hall–Kier alpha value is -0.580. The predicted octanol–water partition coefficient (Wildman–Crippen LogP) is -0.508. The Morgan fingerprint density at radius 3 is 2.57 bits per heavy atom. The average molecular weight is 222 g/mol. The Morgan fingerprint density at radius 1 is 1.43 bits per heavy atom. The second-order valence-corrected chi connectivity index (χ2v) is 3.37. The molecule has 1 aromatic carbocycles. The molecule has 0 saturated heterocycles. The van der Waals surface area contributed by atoms with Gasteiger partial charge in [-0.15, -0.1) is 0 Å². The molecule has 5 nitrogen and oxygen atoms in total. The topological polar surface area (TPSA) is 93.2 Å². The summed E-state index contributed by atoms with van der Waals surface area (Å²) in [5.74, 6) is 0.0292. The van der Waals surface area contributed by atoms with Crippen molar-refractivity contribution in [3.8, 4) is 11.8 Å². The van der Waals surface area contributed by atoms with E-state index in [1.54, 1.807) is 0 Å². The molecule has 0 unspecified atom stereocenters. The summed E-state index contributed by atoms with van der Waals surface area (Å²) in [5, 5.41) is 13.1. The minimum atomic E-state index is -4.01. The molecule has 0 radical (unpaired) electrons. The van der Waals surface area contributed by atoms with E-state index in [0.29, 0.717) is 5.56 Å². The van der Waals surface area contributed by atoms with E-state index in [1.807, 2.05) is 6.07 Å². The van der Waals surface area contributed by atoms with Gasteiger partial charge in [0.05, 0.1) is 11.6 Å². The summed E-state index contributed by atoms with van der Waals surface area (Å²) in [6, 6.07) is 7.54. The van der Waals surface area contributed by atoms with Gasteiger partial charge in [-0.1, -0.05) is 6.07 Å². The predicted molar refractivity (Wildman–Crippen MR) is 52.0 cm³/mol. The van der Waals surface area contributed by atoms with Gasteiger partial charge in [-0.25, -0.2) is 0 Å². The molecule has 0 aliphatic rings. The van der Waals surface area contributed by atoms with Crippen LogP contribution in [0.5, 0.6) is 5.75 Å². The van der Waals surface area contributed by atoms with Crippen molar-refractivity contribution in [3.63, 3.8) is 0 Å². The second kappa shape index (κ2) is 5.34. The molecule has 0 atom stereocenters. The van der Waals surface area contributed by atoms with E-state index in [-0.39, 0.29) is 35.3 Å². The molecule has 1 aromatic rings. The van der Waals surface area contributed by atoms with Crippen molar-refractivity contribution in [1.29, 1.82) is 5.26 Å². The van der Waals surface area contributed by atoms with Gasteiger partial charge in [-0.05, 0) is 18.2 Å². The van der Waals surface area contributed by atoms with Crippen molar-refractivity contribution in [2.75, 3.05) is 0 Å². The normalized spacial score (nSPS) is 9.71. The monoisotopic (exact) mass is 222 g/mol. The van der Waals surface area contributed by atoms with Crippen molar-refractivity contribution in [3.05, 3.63) is 29.8 Å². The van der Waals surface area contributed by atoms with Crippen LogP contribution in [0.25, 0.3) is 0 Å². The van der Waals surface area contributed by atoms with Crippen LogP contribution in [0.15, 0.2) is 24.3 Å². The minimum absolute atomic E-state index is 0. The van der Waals surface area contributed by atoms with Crippen LogP contribution in [-0.4, -0.2) is 38.0 Å². The fourth-order valence-electron chi connectivity index (χ4n) is 0.752. The quantitative estimate of drug-likeness (QED) is 0.682. The summed E-state index contributed by atoms with van der Waals surface area (Å²) in [6.45, 7) is 0. The summed E-state index contributed by atoms with van der Waals surface area (Å²) >= 11 is 0. The molecule has 0 bridgehead atoms. The van der Waals surface area contributed by atoms with Gasteiger partial charge in [0.2, 0.25) is 0 Å². The van der Waals surface area contributed by atoms with Crippen LogP contribution in [0, 0.1) is 11.3 Å². The molecule has 0 aliphatic carbocycles. The van der Waals surface area contributed by atoms with Crippen LogP contribution in [-0.2, 0) is 10.3 Å². The Bertz CT molecular complexity index is 452. The third-order valence-corrected chi connectivity index (χ3v) is 1.60. The zero-order valence-corrected chi connectivity index (χ0v) is 7.28. The van der Waals surface area contributed by atoms with E-state index in [2.05, 4.69) is 9.32 Å². The summed E-state index contributed by atoms with van der Waals surface area (Å²) in [5.41, 5.74) is 0.307. The van der Waals surface area contributed by atoms with E-state index in [9.17, 15) is 8.42 Å². The number of benzene rings is 1. The number of nitriles is 1. The van der Waals surface area contributed by atoms with Crippen LogP contribution < -0.4 is 9.32 Å². The number of nitrogens with two attached hydrogens (primary N) is 1. The van der Waals surface area contributed by atoms with Gasteiger partial charge in [-0.3, -0.25) is 0 Å². The number of hydrogen-bond acceptors (Lipinski definition) is 4. The summed E-state index contributed by atoms with van der Waals surface area (Å²) in [4.78, 5) is 0. The van der Waals surface area contributed by atoms with Gasteiger partial charge in [0, 0.05) is 0 Å². The van der Waals surface area contributed by atoms with Crippen molar-refractivity contribution in [2.24, 2.45) is 5.14 Å². The molecule has 14 heavy (non-hydrogen) atoms. The van der Waals surface area contributed by atoms with Crippen LogP contribution >= 0.6 is 0 Å². The summed E-state index contributed by atoms with van der Waals surface area (Å²) in [7, 11) is -4.01. The van der Waals surface area contributed by atoms with Crippen LogP contribution in [0.3, 0.4) is 0 Å². The van der Waals surface area contributed by atoms with Gasteiger partial charge in [0.15, 0.2) is 0 Å². The zero-order chi connectivity index (χ0) is 9.90. The fraction of sp³-hybridized carbons (Fsp3) is 0. The van der Waals surface area contributed by atoms with Gasteiger partial charge in [0.1, 0.15) is 5.75 Å². The molecular weight excluding hydrogens is 215 g/mol. The second-order valence-electron chi connectivity index (χ2n) is 2.22. The SMILES string of the molecule is N#Cc1cccc(OS(N)(=O)=O)c1.[NaH]. The molecule has 2 N–H and O–H groups in total. The third kappa shape index (κ3) is 4.60. The number of hydrogen-bond donors (Lipinski definition) is 1. The molecule has 0 saturated carbocycles. The van der Waals surface area contributed by atoms with Crippen molar-refractivity contribution < 1.29 is 12.6 Å². The fourth-order valence-corrected chi connectivity index (χ4v) is 1.12. The van der Waals surface area contributed by atoms with Crippen molar-refractivity contribution in [1.82, 2.24) is 0 Å². The molecule has 7 heteroatoms. The van der Waals surface area contributed by atoms with Gasteiger partial charge >= 0.3 is 39.9 Å². The first-order valence-corrected chi connectivity index (χ1v) is 4.71. The Morgan fingerprint density at radius 2 is 2.07 bits per heavy atom. The molecule has 0 aliphatic heterocycles. The van der Waals surface area contributed by atoms with Crippen LogP contribution in [0.4, 0.5) is 0 Å². The summed E-state index contributed by atoms with van der Waals surface area (Å²) < 4.78 is 25.3. The first-order chi connectivity index (χ1) is 6.01. The average Bonchev–Trinajstić information content (AvgIpc) is 2.01. The van der Waals surface area contributed by atoms with E-state index in [0.717, 1.165) is 0 Å².